The molecule has 5 nitrogen and oxygen atoms in total. The maximum absolute atomic E-state index is 5.40. The molecule has 1 heterocycles. The van der Waals surface area contributed by atoms with Crippen molar-refractivity contribution in [2.24, 2.45) is 0 Å². The molecule has 1 aromatic heterocycles. The molecular formula is C15H20N2O3. The lowest BCUT2D eigenvalue weighted by Gasteiger charge is -2.07. The highest BCUT2D eigenvalue weighted by molar-refractivity contribution is 5.67. The zero-order valence-corrected chi connectivity index (χ0v) is 12.1. The number of hydrogen-bond donors (Lipinski definition) is 1. The molecule has 2 aromatic rings. The van der Waals surface area contributed by atoms with Crippen molar-refractivity contribution in [2.45, 2.75) is 19.9 Å². The number of nitrogens with zero attached hydrogens (tertiary/aromatic N) is 1. The van der Waals surface area contributed by atoms with Crippen LogP contribution in [0.15, 0.2) is 28.8 Å². The third-order valence-electron chi connectivity index (χ3n) is 2.96. The van der Waals surface area contributed by atoms with E-state index in [1.807, 2.05) is 24.3 Å². The van der Waals surface area contributed by atoms with Crippen molar-refractivity contribution in [1.82, 2.24) is 10.5 Å². The number of ether oxygens (including phenoxy) is 2. The molecule has 0 amide bonds. The quantitative estimate of drug-likeness (QED) is 0.788. The monoisotopic (exact) mass is 276 g/mol. The number of methoxy groups -OCH3 is 2. The van der Waals surface area contributed by atoms with Crippen LogP contribution in [0.1, 0.15) is 19.0 Å². The predicted molar refractivity (Wildman–Crippen MR) is 77.0 cm³/mol. The number of benzene rings is 1. The van der Waals surface area contributed by atoms with Crippen molar-refractivity contribution in [3.05, 3.63) is 30.0 Å². The van der Waals surface area contributed by atoms with Gasteiger partial charge in [0.25, 0.3) is 0 Å². The van der Waals surface area contributed by atoms with Gasteiger partial charge in [0.15, 0.2) is 5.76 Å². The van der Waals surface area contributed by atoms with Crippen LogP contribution in [0.2, 0.25) is 0 Å². The maximum Gasteiger partial charge on any atom is 0.171 e. The summed E-state index contributed by atoms with van der Waals surface area (Å²) in [5.74, 6) is 2.16. The minimum atomic E-state index is 0.675. The zero-order valence-electron chi connectivity index (χ0n) is 12.1. The van der Waals surface area contributed by atoms with Crippen molar-refractivity contribution >= 4 is 0 Å². The molecule has 0 spiro atoms. The van der Waals surface area contributed by atoms with Gasteiger partial charge in [0, 0.05) is 12.6 Å². The maximum atomic E-state index is 5.40. The van der Waals surface area contributed by atoms with Gasteiger partial charge in [-0.15, -0.1) is 0 Å². The fourth-order valence-corrected chi connectivity index (χ4v) is 1.92. The highest BCUT2D eigenvalue weighted by atomic mass is 16.5. The molecule has 0 fully saturated rings. The summed E-state index contributed by atoms with van der Waals surface area (Å²) in [6.45, 7) is 3.79. The number of aromatic nitrogens is 1. The Morgan fingerprint density at radius 2 is 2.05 bits per heavy atom. The summed E-state index contributed by atoms with van der Waals surface area (Å²) in [5, 5.41) is 7.35. The van der Waals surface area contributed by atoms with E-state index < -0.39 is 0 Å². The summed E-state index contributed by atoms with van der Waals surface area (Å²) >= 11 is 0. The summed E-state index contributed by atoms with van der Waals surface area (Å²) in [5.41, 5.74) is 1.71. The lowest BCUT2D eigenvalue weighted by atomic mass is 10.1. The number of hydrogen-bond acceptors (Lipinski definition) is 5. The van der Waals surface area contributed by atoms with E-state index in [0.717, 1.165) is 35.7 Å². The van der Waals surface area contributed by atoms with Gasteiger partial charge in [-0.2, -0.15) is 0 Å². The molecule has 0 bridgehead atoms. The first kappa shape index (κ1) is 14.4. The van der Waals surface area contributed by atoms with E-state index in [1.165, 1.54) is 0 Å². The van der Waals surface area contributed by atoms with Gasteiger partial charge >= 0.3 is 0 Å². The average molecular weight is 276 g/mol. The normalized spacial score (nSPS) is 10.6. The van der Waals surface area contributed by atoms with Gasteiger partial charge < -0.3 is 19.3 Å². The first-order valence-electron chi connectivity index (χ1n) is 6.67. The summed E-state index contributed by atoms with van der Waals surface area (Å²) in [6.07, 6.45) is 1.09. The SMILES string of the molecule is CCCNCc1cc(-c2cc(OC)ccc2OC)on1. The average Bonchev–Trinajstić information content (AvgIpc) is 2.95. The minimum absolute atomic E-state index is 0.675. The van der Waals surface area contributed by atoms with E-state index >= 15 is 0 Å². The molecule has 0 atom stereocenters. The van der Waals surface area contributed by atoms with E-state index in [-0.39, 0.29) is 0 Å². The van der Waals surface area contributed by atoms with Crippen LogP contribution < -0.4 is 14.8 Å². The van der Waals surface area contributed by atoms with Gasteiger partial charge in [-0.3, -0.25) is 0 Å². The molecule has 20 heavy (non-hydrogen) atoms. The minimum Gasteiger partial charge on any atom is -0.497 e. The predicted octanol–water partition coefficient (Wildman–Crippen LogP) is 2.86. The Labute approximate surface area is 118 Å². The van der Waals surface area contributed by atoms with E-state index in [2.05, 4.69) is 17.4 Å². The van der Waals surface area contributed by atoms with E-state index in [4.69, 9.17) is 14.0 Å². The van der Waals surface area contributed by atoms with E-state index in [0.29, 0.717) is 12.3 Å². The number of nitrogens with one attached hydrogen (secondary N) is 1. The smallest absolute Gasteiger partial charge is 0.171 e. The number of rotatable bonds is 7. The van der Waals surface area contributed by atoms with Crippen LogP contribution >= 0.6 is 0 Å². The van der Waals surface area contributed by atoms with Crippen molar-refractivity contribution in [2.75, 3.05) is 20.8 Å². The standard InChI is InChI=1S/C15H20N2O3/c1-4-7-16-10-11-8-15(20-17-11)13-9-12(18-2)5-6-14(13)19-3/h5-6,8-9,16H,4,7,10H2,1-3H3. The van der Waals surface area contributed by atoms with Crippen LogP contribution in [-0.4, -0.2) is 25.9 Å². The molecule has 5 heteroatoms. The van der Waals surface area contributed by atoms with E-state index in [1.54, 1.807) is 14.2 Å². The first-order valence-corrected chi connectivity index (χ1v) is 6.67. The van der Waals surface area contributed by atoms with Crippen LogP contribution in [0.4, 0.5) is 0 Å². The van der Waals surface area contributed by atoms with Crippen LogP contribution in [0.3, 0.4) is 0 Å². The van der Waals surface area contributed by atoms with Crippen molar-refractivity contribution in [1.29, 1.82) is 0 Å². The van der Waals surface area contributed by atoms with Gasteiger partial charge in [0.1, 0.15) is 11.5 Å². The molecule has 2 rings (SSSR count). The Balaban J connectivity index is 2.22. The summed E-state index contributed by atoms with van der Waals surface area (Å²) in [4.78, 5) is 0. The molecule has 0 unspecified atom stereocenters. The van der Waals surface area contributed by atoms with Crippen LogP contribution in [0.25, 0.3) is 11.3 Å². The molecular weight excluding hydrogens is 256 g/mol. The lowest BCUT2D eigenvalue weighted by molar-refractivity contribution is 0.395. The van der Waals surface area contributed by atoms with E-state index in [9.17, 15) is 0 Å². The molecule has 0 saturated heterocycles. The van der Waals surface area contributed by atoms with Crippen LogP contribution in [0.5, 0.6) is 11.5 Å². The topological polar surface area (TPSA) is 56.5 Å². The zero-order chi connectivity index (χ0) is 14.4. The molecule has 0 aliphatic heterocycles. The Bertz CT molecular complexity index is 552. The highest BCUT2D eigenvalue weighted by Crippen LogP contribution is 2.33. The second-order valence-electron chi connectivity index (χ2n) is 4.43. The Kier molecular flexibility index (Phi) is 5.01. The molecule has 0 radical (unpaired) electrons. The van der Waals surface area contributed by atoms with Crippen LogP contribution in [0, 0.1) is 0 Å². The Morgan fingerprint density at radius 1 is 1.20 bits per heavy atom. The molecule has 0 aliphatic carbocycles. The largest absolute Gasteiger partial charge is 0.497 e. The third-order valence-corrected chi connectivity index (χ3v) is 2.96. The van der Waals surface area contributed by atoms with Crippen molar-refractivity contribution in [3.63, 3.8) is 0 Å². The summed E-state index contributed by atoms with van der Waals surface area (Å²) in [6, 6.07) is 7.50. The van der Waals surface area contributed by atoms with Gasteiger partial charge in [0.05, 0.1) is 25.5 Å². The van der Waals surface area contributed by atoms with Crippen molar-refractivity contribution in [3.8, 4) is 22.8 Å². The molecule has 0 aliphatic rings. The molecule has 1 N–H and O–H groups in total. The second kappa shape index (κ2) is 6.96. The lowest BCUT2D eigenvalue weighted by Crippen LogP contribution is -2.13. The molecule has 0 saturated carbocycles. The molecule has 1 aromatic carbocycles. The van der Waals surface area contributed by atoms with Crippen LogP contribution in [-0.2, 0) is 6.54 Å². The Morgan fingerprint density at radius 3 is 2.75 bits per heavy atom. The summed E-state index contributed by atoms with van der Waals surface area (Å²) in [7, 11) is 3.26. The van der Waals surface area contributed by atoms with Crippen molar-refractivity contribution < 1.29 is 14.0 Å². The highest BCUT2D eigenvalue weighted by Gasteiger charge is 2.13. The molecule has 108 valence electrons. The van der Waals surface area contributed by atoms with Gasteiger partial charge in [-0.05, 0) is 31.2 Å². The fourth-order valence-electron chi connectivity index (χ4n) is 1.92. The Hall–Kier alpha value is -2.01. The van der Waals surface area contributed by atoms with Gasteiger partial charge in [-0.25, -0.2) is 0 Å². The fraction of sp³-hybridized carbons (Fsp3) is 0.400. The second-order valence-corrected chi connectivity index (χ2v) is 4.43. The first-order chi connectivity index (χ1) is 9.78. The third kappa shape index (κ3) is 3.30. The summed E-state index contributed by atoms with van der Waals surface area (Å²) < 4.78 is 16.0. The van der Waals surface area contributed by atoms with Gasteiger partial charge in [-0.1, -0.05) is 12.1 Å². The van der Waals surface area contributed by atoms with Gasteiger partial charge in [0.2, 0.25) is 0 Å².